The minimum absolute atomic E-state index is 0.0553. The predicted octanol–water partition coefficient (Wildman–Crippen LogP) is 1.73. The van der Waals surface area contributed by atoms with Gasteiger partial charge in [-0.2, -0.15) is 0 Å². The molecule has 132 valence electrons. The molecule has 0 aliphatic heterocycles. The summed E-state index contributed by atoms with van der Waals surface area (Å²) in [5.74, 6) is 1.19. The number of aliphatic hydroxyl groups excluding tert-OH is 1. The van der Waals surface area contributed by atoms with Gasteiger partial charge in [-0.3, -0.25) is 4.79 Å². The lowest BCUT2D eigenvalue weighted by molar-refractivity contribution is 0.144. The van der Waals surface area contributed by atoms with Crippen LogP contribution in [-0.4, -0.2) is 28.8 Å². The van der Waals surface area contributed by atoms with Crippen LogP contribution in [0.4, 0.5) is 4.79 Å². The van der Waals surface area contributed by atoms with Gasteiger partial charge in [0.2, 0.25) is 5.56 Å². The van der Waals surface area contributed by atoms with Crippen LogP contribution in [0.3, 0.4) is 0 Å². The zero-order chi connectivity index (χ0) is 17.4. The van der Waals surface area contributed by atoms with Gasteiger partial charge in [-0.15, -0.1) is 0 Å². The van der Waals surface area contributed by atoms with Gasteiger partial charge in [-0.1, -0.05) is 18.2 Å². The van der Waals surface area contributed by atoms with Gasteiger partial charge in [0.1, 0.15) is 0 Å². The number of urea groups is 1. The molecule has 2 aliphatic rings. The molecule has 2 bridgehead atoms. The minimum atomic E-state index is -0.236. The summed E-state index contributed by atoms with van der Waals surface area (Å²) in [7, 11) is 0. The van der Waals surface area contributed by atoms with Crippen molar-refractivity contribution in [1.82, 2.24) is 15.6 Å². The smallest absolute Gasteiger partial charge is 0.315 e. The van der Waals surface area contributed by atoms with E-state index in [0.29, 0.717) is 18.4 Å². The number of H-pyrrole nitrogens is 1. The second-order valence-electron chi connectivity index (χ2n) is 7.24. The second-order valence-corrected chi connectivity index (χ2v) is 7.24. The lowest BCUT2D eigenvalue weighted by Crippen LogP contribution is -2.48. The number of aromatic amines is 1. The van der Waals surface area contributed by atoms with E-state index in [2.05, 4.69) is 15.6 Å². The van der Waals surface area contributed by atoms with Gasteiger partial charge >= 0.3 is 6.03 Å². The standard InChI is InChI=1S/C19H23N3O3/c23-10-15-11-5-6-12(7-11)18(15)22-19(25)20-9-13-8-17(24)21-16-4-2-1-3-14(13)16/h1-4,8,11-12,15,18,23H,5-7,9-10H2,(H,21,24)(H2,20,22,25). The third kappa shape index (κ3) is 3.02. The van der Waals surface area contributed by atoms with E-state index < -0.39 is 0 Å². The molecule has 2 amide bonds. The highest BCUT2D eigenvalue weighted by molar-refractivity contribution is 5.82. The molecule has 0 radical (unpaired) electrons. The predicted molar refractivity (Wildman–Crippen MR) is 95.1 cm³/mol. The van der Waals surface area contributed by atoms with Gasteiger partial charge < -0.3 is 20.7 Å². The summed E-state index contributed by atoms with van der Waals surface area (Å²) in [4.78, 5) is 26.9. The summed E-state index contributed by atoms with van der Waals surface area (Å²) < 4.78 is 0. The number of fused-ring (bicyclic) bond motifs is 3. The van der Waals surface area contributed by atoms with Gasteiger partial charge in [-0.05, 0) is 42.7 Å². The van der Waals surface area contributed by atoms with Crippen molar-refractivity contribution in [3.05, 3.63) is 46.2 Å². The average molecular weight is 341 g/mol. The molecule has 2 saturated carbocycles. The van der Waals surface area contributed by atoms with Crippen LogP contribution in [0.1, 0.15) is 24.8 Å². The number of amides is 2. The Kier molecular flexibility index (Phi) is 4.21. The van der Waals surface area contributed by atoms with E-state index >= 15 is 0 Å². The third-order valence-corrected chi connectivity index (χ3v) is 5.87. The third-order valence-electron chi connectivity index (χ3n) is 5.87. The first-order valence-electron chi connectivity index (χ1n) is 8.92. The summed E-state index contributed by atoms with van der Waals surface area (Å²) in [6.07, 6.45) is 3.40. The number of nitrogens with one attached hydrogen (secondary N) is 3. The highest BCUT2D eigenvalue weighted by Crippen LogP contribution is 2.48. The molecular formula is C19H23N3O3. The Morgan fingerprint density at radius 2 is 2.04 bits per heavy atom. The maximum absolute atomic E-state index is 12.3. The summed E-state index contributed by atoms with van der Waals surface area (Å²) in [6.45, 7) is 0.422. The van der Waals surface area contributed by atoms with Gasteiger partial charge in [0, 0.05) is 42.1 Å². The molecule has 0 spiro atoms. The lowest BCUT2D eigenvalue weighted by atomic mass is 9.85. The number of benzene rings is 1. The first-order valence-corrected chi connectivity index (χ1v) is 8.92. The quantitative estimate of drug-likeness (QED) is 0.682. The molecule has 4 rings (SSSR count). The number of aromatic nitrogens is 1. The van der Waals surface area contributed by atoms with E-state index in [1.165, 1.54) is 6.07 Å². The van der Waals surface area contributed by atoms with Gasteiger partial charge in [0.15, 0.2) is 0 Å². The van der Waals surface area contributed by atoms with Crippen LogP contribution >= 0.6 is 0 Å². The Balaban J connectivity index is 1.43. The summed E-state index contributed by atoms with van der Waals surface area (Å²) in [5.41, 5.74) is 1.38. The number of carbonyl (C=O) groups excluding carboxylic acids is 1. The van der Waals surface area contributed by atoms with Crippen LogP contribution in [-0.2, 0) is 6.54 Å². The van der Waals surface area contributed by atoms with E-state index in [1.807, 2.05) is 24.3 Å². The summed E-state index contributed by atoms with van der Waals surface area (Å²) >= 11 is 0. The average Bonchev–Trinajstić information content (AvgIpc) is 3.21. The zero-order valence-corrected chi connectivity index (χ0v) is 14.0. The second kappa shape index (κ2) is 6.52. The van der Waals surface area contributed by atoms with Crippen LogP contribution in [0, 0.1) is 17.8 Å². The monoisotopic (exact) mass is 341 g/mol. The molecule has 1 aromatic heterocycles. The minimum Gasteiger partial charge on any atom is -0.396 e. The molecule has 2 aromatic rings. The molecule has 6 nitrogen and oxygen atoms in total. The molecule has 2 fully saturated rings. The number of hydrogen-bond donors (Lipinski definition) is 4. The maximum atomic E-state index is 12.3. The molecule has 1 heterocycles. The Morgan fingerprint density at radius 3 is 2.88 bits per heavy atom. The first-order chi connectivity index (χ1) is 12.2. The van der Waals surface area contributed by atoms with Crippen molar-refractivity contribution in [3.63, 3.8) is 0 Å². The SMILES string of the molecule is O=C(NCc1cc(=O)[nH]c2ccccc12)NC1C2CCC(C2)C1CO. The Hall–Kier alpha value is -2.34. The number of aliphatic hydroxyl groups is 1. The summed E-state index contributed by atoms with van der Waals surface area (Å²) in [5, 5.41) is 16.5. The molecule has 1 aromatic carbocycles. The van der Waals surface area contributed by atoms with E-state index in [4.69, 9.17) is 0 Å². The van der Waals surface area contributed by atoms with Crippen molar-refractivity contribution < 1.29 is 9.90 Å². The highest BCUT2D eigenvalue weighted by atomic mass is 16.3. The van der Waals surface area contributed by atoms with E-state index in [0.717, 1.165) is 35.7 Å². The van der Waals surface area contributed by atoms with Gasteiger partial charge in [0.05, 0.1) is 0 Å². The van der Waals surface area contributed by atoms with E-state index in [9.17, 15) is 14.7 Å². The fraction of sp³-hybridized carbons (Fsp3) is 0.474. The number of para-hydroxylation sites is 1. The topological polar surface area (TPSA) is 94.2 Å². The molecule has 25 heavy (non-hydrogen) atoms. The summed E-state index contributed by atoms with van der Waals surface area (Å²) in [6, 6.07) is 8.90. The molecule has 0 saturated heterocycles. The van der Waals surface area contributed by atoms with Gasteiger partial charge in [-0.25, -0.2) is 4.79 Å². The van der Waals surface area contributed by atoms with Crippen LogP contribution in [0.15, 0.2) is 35.1 Å². The number of pyridine rings is 1. The Labute approximate surface area is 145 Å². The van der Waals surface area contributed by atoms with Crippen LogP contribution in [0.25, 0.3) is 10.9 Å². The number of carbonyl (C=O) groups is 1. The maximum Gasteiger partial charge on any atom is 0.315 e. The van der Waals surface area contributed by atoms with Crippen molar-refractivity contribution in [2.75, 3.05) is 6.61 Å². The molecule has 4 atom stereocenters. The largest absolute Gasteiger partial charge is 0.396 e. The van der Waals surface area contributed by atoms with Crippen molar-refractivity contribution in [1.29, 1.82) is 0 Å². The Morgan fingerprint density at radius 1 is 1.24 bits per heavy atom. The fourth-order valence-electron chi connectivity index (χ4n) is 4.70. The van der Waals surface area contributed by atoms with E-state index in [-0.39, 0.29) is 30.2 Å². The van der Waals surface area contributed by atoms with Crippen LogP contribution in [0.5, 0.6) is 0 Å². The zero-order valence-electron chi connectivity index (χ0n) is 14.0. The van der Waals surface area contributed by atoms with E-state index in [1.54, 1.807) is 0 Å². The molecule has 4 N–H and O–H groups in total. The number of hydrogen-bond acceptors (Lipinski definition) is 3. The fourth-order valence-corrected chi connectivity index (χ4v) is 4.70. The van der Waals surface area contributed by atoms with Crippen molar-refractivity contribution in [2.24, 2.45) is 17.8 Å². The lowest BCUT2D eigenvalue weighted by Gasteiger charge is -2.30. The molecule has 2 aliphatic carbocycles. The first kappa shape index (κ1) is 16.1. The molecule has 4 unspecified atom stereocenters. The molecule has 6 heteroatoms. The Bertz CT molecular complexity index is 847. The van der Waals surface area contributed by atoms with Crippen LogP contribution in [0.2, 0.25) is 0 Å². The van der Waals surface area contributed by atoms with Gasteiger partial charge in [0.25, 0.3) is 0 Å². The normalized spacial score (nSPS) is 27.6. The molecular weight excluding hydrogens is 318 g/mol. The van der Waals surface area contributed by atoms with Crippen molar-refractivity contribution in [3.8, 4) is 0 Å². The van der Waals surface area contributed by atoms with Crippen LogP contribution < -0.4 is 16.2 Å². The highest BCUT2D eigenvalue weighted by Gasteiger charge is 2.47. The number of rotatable bonds is 4. The van der Waals surface area contributed by atoms with Crippen molar-refractivity contribution >= 4 is 16.9 Å². The van der Waals surface area contributed by atoms with Crippen molar-refractivity contribution in [2.45, 2.75) is 31.8 Å².